The van der Waals surface area contributed by atoms with E-state index in [2.05, 4.69) is 130 Å². The van der Waals surface area contributed by atoms with Crippen molar-refractivity contribution >= 4 is 25.7 Å². The number of ether oxygens (including phenoxy) is 3. The molecule has 2 N–H and O–H groups in total. The van der Waals surface area contributed by atoms with E-state index in [1.807, 2.05) is 0 Å². The van der Waals surface area contributed by atoms with E-state index in [-0.39, 0.29) is 25.9 Å². The van der Waals surface area contributed by atoms with Crippen molar-refractivity contribution in [3.8, 4) is 0 Å². The lowest BCUT2D eigenvalue weighted by molar-refractivity contribution is -0.161. The Morgan fingerprint density at radius 2 is 0.667 bits per heavy atom. The summed E-state index contributed by atoms with van der Waals surface area (Å²) in [6, 6.07) is 0. The van der Waals surface area contributed by atoms with Crippen LogP contribution in [-0.4, -0.2) is 66.5 Å². The zero-order valence-electron chi connectivity index (χ0n) is 49.3. The molecule has 0 aromatic heterocycles. The summed E-state index contributed by atoms with van der Waals surface area (Å²) in [7, 11) is -4.77. The molecule has 0 radical (unpaired) electrons. The van der Waals surface area contributed by atoms with Crippen LogP contribution in [0.25, 0.3) is 0 Å². The highest BCUT2D eigenvalue weighted by atomic mass is 31.2. The average Bonchev–Trinajstić information content (AvgIpc) is 3.43. The van der Waals surface area contributed by atoms with Crippen LogP contribution in [0, 0.1) is 0 Å². The summed E-state index contributed by atoms with van der Waals surface area (Å²) in [6.45, 7) is 4.35. The molecular weight excluding hydrogens is 1000 g/mol. The maximum Gasteiger partial charge on any atom is 0.472 e. The molecule has 0 aromatic carbocycles. The maximum atomic E-state index is 12.9. The summed E-state index contributed by atoms with van der Waals surface area (Å²) < 4.78 is 39.6. The third-order valence-electron chi connectivity index (χ3n) is 12.7. The first kappa shape index (κ1) is 74.1. The number of carbonyl (C=O) groups is 3. The van der Waals surface area contributed by atoms with Crippen LogP contribution in [0.1, 0.15) is 252 Å². The van der Waals surface area contributed by atoms with Gasteiger partial charge in [-0.15, -0.1) is 0 Å². The van der Waals surface area contributed by atoms with Crippen LogP contribution in [0.2, 0.25) is 0 Å². The monoisotopic (exact) mass is 1110 g/mol. The van der Waals surface area contributed by atoms with Crippen LogP contribution in [0.4, 0.5) is 0 Å². The second kappa shape index (κ2) is 59.3. The number of hydrogen-bond donors (Lipinski definition) is 2. The van der Waals surface area contributed by atoms with Crippen molar-refractivity contribution in [2.75, 3.05) is 26.4 Å². The van der Waals surface area contributed by atoms with Gasteiger partial charge >= 0.3 is 25.7 Å². The van der Waals surface area contributed by atoms with E-state index < -0.39 is 57.8 Å². The van der Waals surface area contributed by atoms with E-state index in [1.54, 1.807) is 0 Å². The molecule has 0 saturated heterocycles. The molecule has 0 aromatic rings. The van der Waals surface area contributed by atoms with Crippen molar-refractivity contribution in [3.05, 3.63) is 109 Å². The van der Waals surface area contributed by atoms with E-state index in [0.717, 1.165) is 135 Å². The average molecular weight is 1110 g/mol. The van der Waals surface area contributed by atoms with E-state index in [4.69, 9.17) is 23.3 Å². The number of phosphoric ester groups is 1. The van der Waals surface area contributed by atoms with Crippen molar-refractivity contribution in [1.82, 2.24) is 0 Å². The van der Waals surface area contributed by atoms with E-state index in [1.165, 1.54) is 57.8 Å². The Labute approximate surface area is 475 Å². The summed E-state index contributed by atoms with van der Waals surface area (Å²) in [5.41, 5.74) is 0. The van der Waals surface area contributed by atoms with Gasteiger partial charge in [-0.2, -0.15) is 0 Å². The summed E-state index contributed by atoms with van der Waals surface area (Å²) in [5.74, 6) is -1.52. The number of allylic oxidation sites excluding steroid dienone is 18. The molecule has 11 nitrogen and oxygen atoms in total. The third-order valence-corrected chi connectivity index (χ3v) is 13.6. The first-order valence-electron chi connectivity index (χ1n) is 30.8. The fourth-order valence-electron chi connectivity index (χ4n) is 8.04. The standard InChI is InChI=1S/C66H111O11P/c1-4-7-10-13-16-19-22-25-28-30-31-33-35-37-40-43-46-49-52-55-64(68)73-59-63(77-66(70)57-54-51-48-45-42-39-36-32-29-26-23-20-17-14-11-8-5-2)61-75-78(71,72)74-60-62(58-67)76-65(69)56-53-50-47-44-41-38-34-27-24-21-18-15-12-9-6-3/h8-9,11-12,16-21,25-29,34,36,39,62-63,67H,4-7,10,13-15,22-24,30-33,35,37-38,40-61H2,1-3H3,(H,71,72)/b11-8-,12-9-,19-16-,20-17-,21-18-,28-25-,29-26-,34-27-,39-36-. The highest BCUT2D eigenvalue weighted by Gasteiger charge is 2.28. The van der Waals surface area contributed by atoms with Gasteiger partial charge in [0.05, 0.1) is 19.8 Å². The molecule has 0 bridgehead atoms. The highest BCUT2D eigenvalue weighted by Crippen LogP contribution is 2.43. The lowest BCUT2D eigenvalue weighted by Crippen LogP contribution is -2.30. The third kappa shape index (κ3) is 56.8. The first-order valence-corrected chi connectivity index (χ1v) is 32.3. The van der Waals surface area contributed by atoms with Crippen molar-refractivity contribution < 1.29 is 52.2 Å². The topological polar surface area (TPSA) is 155 Å². The summed E-state index contributed by atoms with van der Waals surface area (Å²) in [6.07, 6.45) is 71.8. The van der Waals surface area contributed by atoms with Gasteiger partial charge in [-0.3, -0.25) is 23.4 Å². The minimum absolute atomic E-state index is 0.133. The molecule has 0 aliphatic heterocycles. The van der Waals surface area contributed by atoms with Gasteiger partial charge in [0.1, 0.15) is 12.7 Å². The minimum atomic E-state index is -4.77. The van der Waals surface area contributed by atoms with Crippen molar-refractivity contribution in [2.45, 2.75) is 264 Å². The quantitative estimate of drug-likeness (QED) is 0.0197. The SMILES string of the molecule is CC/C=C\C/C=C\C/C=C\C/C=C\CCCCCCC(=O)OC(COC(=O)CCCCCCCCCCC/C=C\C/C=C\CCCCC)COP(=O)(O)OCC(CO)OC(=O)CCCCCCC/C=C\C/C=C\C/C=C\CC. The van der Waals surface area contributed by atoms with Gasteiger partial charge in [0.25, 0.3) is 0 Å². The minimum Gasteiger partial charge on any atom is -0.462 e. The van der Waals surface area contributed by atoms with Crippen molar-refractivity contribution in [3.63, 3.8) is 0 Å². The molecule has 12 heteroatoms. The molecule has 0 spiro atoms. The first-order chi connectivity index (χ1) is 38.2. The Balaban J connectivity index is 4.78. The number of phosphoric acid groups is 1. The normalized spacial score (nSPS) is 14.1. The molecule has 78 heavy (non-hydrogen) atoms. The number of carbonyl (C=O) groups excluding carboxylic acids is 3. The molecule has 0 aliphatic rings. The highest BCUT2D eigenvalue weighted by molar-refractivity contribution is 7.47. The van der Waals surface area contributed by atoms with Crippen LogP contribution >= 0.6 is 7.82 Å². The molecule has 3 unspecified atom stereocenters. The number of rotatable bonds is 56. The molecule has 0 amide bonds. The van der Waals surface area contributed by atoms with E-state index in [9.17, 15) is 28.9 Å². The lowest BCUT2D eigenvalue weighted by atomic mass is 10.1. The van der Waals surface area contributed by atoms with Gasteiger partial charge in [-0.05, 0) is 122 Å². The van der Waals surface area contributed by atoms with Gasteiger partial charge in [-0.25, -0.2) is 4.57 Å². The fraction of sp³-hybridized carbons (Fsp3) is 0.682. The maximum absolute atomic E-state index is 12.9. The van der Waals surface area contributed by atoms with Crippen molar-refractivity contribution in [2.24, 2.45) is 0 Å². The molecule has 446 valence electrons. The molecular formula is C66H111O11P. The van der Waals surface area contributed by atoms with Gasteiger partial charge in [0, 0.05) is 19.3 Å². The van der Waals surface area contributed by atoms with E-state index >= 15 is 0 Å². The molecule has 0 rings (SSSR count). The van der Waals surface area contributed by atoms with Crippen molar-refractivity contribution in [1.29, 1.82) is 0 Å². The van der Waals surface area contributed by atoms with E-state index in [0.29, 0.717) is 19.3 Å². The number of unbranched alkanes of at least 4 members (excludes halogenated alkanes) is 21. The van der Waals surface area contributed by atoms with Gasteiger partial charge in [-0.1, -0.05) is 220 Å². The van der Waals surface area contributed by atoms with Crippen LogP contribution in [0.5, 0.6) is 0 Å². The van der Waals surface area contributed by atoms with Gasteiger partial charge in [0.2, 0.25) is 0 Å². The number of aliphatic hydroxyl groups excluding tert-OH is 1. The smallest absolute Gasteiger partial charge is 0.462 e. The fourth-order valence-corrected chi connectivity index (χ4v) is 8.82. The van der Waals surface area contributed by atoms with Crippen LogP contribution < -0.4 is 0 Å². The lowest BCUT2D eigenvalue weighted by Gasteiger charge is -2.21. The van der Waals surface area contributed by atoms with Gasteiger partial charge in [0.15, 0.2) is 6.10 Å². The van der Waals surface area contributed by atoms with Gasteiger partial charge < -0.3 is 24.2 Å². The summed E-state index contributed by atoms with van der Waals surface area (Å²) >= 11 is 0. The Hall–Kier alpha value is -3.86. The molecule has 3 atom stereocenters. The molecule has 0 fully saturated rings. The Morgan fingerprint density at radius 3 is 1.03 bits per heavy atom. The Morgan fingerprint density at radius 1 is 0.372 bits per heavy atom. The largest absolute Gasteiger partial charge is 0.472 e. The number of hydrogen-bond acceptors (Lipinski definition) is 10. The Bertz CT molecular complexity index is 1720. The Kier molecular flexibility index (Phi) is 56.3. The zero-order valence-corrected chi connectivity index (χ0v) is 50.2. The van der Waals surface area contributed by atoms with Crippen LogP contribution in [0.15, 0.2) is 109 Å². The summed E-state index contributed by atoms with van der Waals surface area (Å²) in [4.78, 5) is 48.7. The predicted octanol–water partition coefficient (Wildman–Crippen LogP) is 18.6. The van der Waals surface area contributed by atoms with Crippen LogP contribution in [0.3, 0.4) is 0 Å². The number of aliphatic hydroxyl groups is 1. The predicted molar refractivity (Wildman–Crippen MR) is 325 cm³/mol. The molecule has 0 saturated carbocycles. The second-order valence-electron chi connectivity index (χ2n) is 20.1. The van der Waals surface area contributed by atoms with Crippen LogP contribution in [-0.2, 0) is 42.2 Å². The zero-order chi connectivity index (χ0) is 56.9. The second-order valence-corrected chi connectivity index (χ2v) is 21.6. The summed E-state index contributed by atoms with van der Waals surface area (Å²) in [5, 5.41) is 9.83. The molecule has 0 heterocycles. The molecule has 0 aliphatic carbocycles. The number of esters is 3.